The summed E-state index contributed by atoms with van der Waals surface area (Å²) in [6, 6.07) is 16.5. The molecule has 0 bridgehead atoms. The second-order valence-electron chi connectivity index (χ2n) is 7.18. The lowest BCUT2D eigenvalue weighted by molar-refractivity contribution is 0.104. The van der Waals surface area contributed by atoms with Gasteiger partial charge in [0.25, 0.3) is 0 Å². The van der Waals surface area contributed by atoms with Gasteiger partial charge in [0.2, 0.25) is 5.95 Å². The molecule has 3 aromatic rings. The number of tetrazole rings is 1. The molecule has 0 unspecified atom stereocenters. The smallest absolute Gasteiger partial charge is 0.250 e. The summed E-state index contributed by atoms with van der Waals surface area (Å²) < 4.78 is 15.9. The van der Waals surface area contributed by atoms with Crippen molar-refractivity contribution >= 4 is 5.95 Å². The molecular weight excluding hydrogens is 345 g/mol. The van der Waals surface area contributed by atoms with E-state index in [1.54, 1.807) is 16.8 Å². The van der Waals surface area contributed by atoms with Crippen molar-refractivity contribution in [2.75, 3.05) is 24.6 Å². The highest BCUT2D eigenvalue weighted by atomic mass is 19.1. The lowest BCUT2D eigenvalue weighted by Gasteiger charge is -2.42. The van der Waals surface area contributed by atoms with Crippen molar-refractivity contribution in [2.24, 2.45) is 5.41 Å². The third-order valence-corrected chi connectivity index (χ3v) is 5.26. The molecule has 7 heteroatoms. The minimum atomic E-state index is -0.423. The first-order valence-corrected chi connectivity index (χ1v) is 9.14. The minimum absolute atomic E-state index is 0.00919. The van der Waals surface area contributed by atoms with Crippen LogP contribution in [0.1, 0.15) is 18.4 Å². The van der Waals surface area contributed by atoms with Crippen molar-refractivity contribution in [2.45, 2.75) is 19.3 Å². The Bertz CT molecular complexity index is 900. The molecule has 1 atom stereocenters. The zero-order valence-corrected chi connectivity index (χ0v) is 15.0. The van der Waals surface area contributed by atoms with Crippen molar-refractivity contribution in [3.05, 3.63) is 66.0 Å². The van der Waals surface area contributed by atoms with Crippen LogP contribution in [0.5, 0.6) is 0 Å². The number of rotatable bonds is 5. The van der Waals surface area contributed by atoms with Gasteiger partial charge < -0.3 is 10.0 Å². The maximum absolute atomic E-state index is 14.2. The summed E-state index contributed by atoms with van der Waals surface area (Å²) in [5.41, 5.74) is 1.09. The fourth-order valence-corrected chi connectivity index (χ4v) is 3.87. The predicted molar refractivity (Wildman–Crippen MR) is 100 cm³/mol. The van der Waals surface area contributed by atoms with E-state index in [9.17, 15) is 9.50 Å². The number of piperidine rings is 1. The monoisotopic (exact) mass is 367 g/mol. The maximum Gasteiger partial charge on any atom is 0.250 e. The van der Waals surface area contributed by atoms with Crippen LogP contribution in [0, 0.1) is 11.2 Å². The van der Waals surface area contributed by atoms with Crippen LogP contribution >= 0.6 is 0 Å². The van der Waals surface area contributed by atoms with Gasteiger partial charge in [-0.25, -0.2) is 4.39 Å². The second kappa shape index (κ2) is 7.44. The number of nitrogens with zero attached hydrogens (tertiary/aromatic N) is 5. The molecule has 1 saturated heterocycles. The van der Waals surface area contributed by atoms with Gasteiger partial charge in [0.1, 0.15) is 5.82 Å². The summed E-state index contributed by atoms with van der Waals surface area (Å²) in [6.07, 6.45) is 2.21. The van der Waals surface area contributed by atoms with Crippen LogP contribution < -0.4 is 4.90 Å². The van der Waals surface area contributed by atoms with E-state index in [1.165, 1.54) is 6.07 Å². The van der Waals surface area contributed by atoms with E-state index in [4.69, 9.17) is 0 Å². The van der Waals surface area contributed by atoms with Gasteiger partial charge >= 0.3 is 0 Å². The van der Waals surface area contributed by atoms with Gasteiger partial charge in [-0.2, -0.15) is 4.68 Å². The van der Waals surface area contributed by atoms with Crippen LogP contribution in [-0.4, -0.2) is 45.0 Å². The lowest BCUT2D eigenvalue weighted by atomic mass is 9.75. The SMILES string of the molecule is OC[C@]1(Cc2ccccc2F)CCCN(c2nnnn2-c2ccccc2)C1. The van der Waals surface area contributed by atoms with E-state index < -0.39 is 5.41 Å². The van der Waals surface area contributed by atoms with E-state index in [0.717, 1.165) is 25.1 Å². The predicted octanol–water partition coefficient (Wildman–Crippen LogP) is 2.62. The molecule has 1 fully saturated rings. The zero-order valence-electron chi connectivity index (χ0n) is 15.0. The number of halogens is 1. The Balaban J connectivity index is 1.61. The Morgan fingerprint density at radius 3 is 2.63 bits per heavy atom. The third kappa shape index (κ3) is 3.55. The lowest BCUT2D eigenvalue weighted by Crippen LogP contribution is -2.47. The van der Waals surface area contributed by atoms with Crippen LogP contribution in [0.25, 0.3) is 5.69 Å². The summed E-state index contributed by atoms with van der Waals surface area (Å²) in [6.45, 7) is 1.36. The van der Waals surface area contributed by atoms with E-state index in [0.29, 0.717) is 24.5 Å². The highest BCUT2D eigenvalue weighted by Gasteiger charge is 2.37. The van der Waals surface area contributed by atoms with E-state index in [1.807, 2.05) is 36.4 Å². The highest BCUT2D eigenvalue weighted by Crippen LogP contribution is 2.35. The van der Waals surface area contributed by atoms with Gasteiger partial charge in [0, 0.05) is 18.5 Å². The van der Waals surface area contributed by atoms with Gasteiger partial charge in [-0.05, 0) is 53.5 Å². The summed E-state index contributed by atoms with van der Waals surface area (Å²) in [4.78, 5) is 2.09. The first kappa shape index (κ1) is 17.6. The number of anilines is 1. The Morgan fingerprint density at radius 2 is 1.85 bits per heavy atom. The van der Waals surface area contributed by atoms with Gasteiger partial charge in [-0.3, -0.25) is 0 Å². The normalized spacial score (nSPS) is 20.0. The Kier molecular flexibility index (Phi) is 4.85. The molecule has 2 heterocycles. The molecule has 0 spiro atoms. The molecule has 1 aromatic heterocycles. The Labute approximate surface area is 157 Å². The quantitative estimate of drug-likeness (QED) is 0.751. The number of aliphatic hydroxyl groups excluding tert-OH is 1. The van der Waals surface area contributed by atoms with Crippen LogP contribution in [0.2, 0.25) is 0 Å². The Morgan fingerprint density at radius 1 is 1.07 bits per heavy atom. The van der Waals surface area contributed by atoms with Crippen molar-refractivity contribution in [1.29, 1.82) is 0 Å². The largest absolute Gasteiger partial charge is 0.396 e. The van der Waals surface area contributed by atoms with E-state index >= 15 is 0 Å². The van der Waals surface area contributed by atoms with Crippen molar-refractivity contribution in [3.63, 3.8) is 0 Å². The van der Waals surface area contributed by atoms with E-state index in [-0.39, 0.29) is 12.4 Å². The standard InChI is InChI=1S/C20H22FN5O/c21-18-10-5-4-7-16(18)13-20(15-27)11-6-12-25(14-20)19-22-23-24-26(19)17-8-2-1-3-9-17/h1-5,7-10,27H,6,11-15H2/t20-/m0/s1. The number of aliphatic hydroxyl groups is 1. The maximum atomic E-state index is 14.2. The Hall–Kier alpha value is -2.80. The van der Waals surface area contributed by atoms with E-state index in [2.05, 4.69) is 20.4 Å². The summed E-state index contributed by atoms with van der Waals surface area (Å²) >= 11 is 0. The molecule has 1 aliphatic rings. The number of aromatic nitrogens is 4. The summed E-state index contributed by atoms with van der Waals surface area (Å²) in [5, 5.41) is 22.4. The molecule has 0 aliphatic carbocycles. The molecule has 2 aromatic carbocycles. The fraction of sp³-hybridized carbons (Fsp3) is 0.350. The van der Waals surface area contributed by atoms with Crippen molar-refractivity contribution in [1.82, 2.24) is 20.2 Å². The molecule has 27 heavy (non-hydrogen) atoms. The topological polar surface area (TPSA) is 67.1 Å². The van der Waals surface area contributed by atoms with Gasteiger partial charge in [-0.1, -0.05) is 41.5 Å². The molecular formula is C20H22FN5O. The zero-order chi connectivity index (χ0) is 18.7. The van der Waals surface area contributed by atoms with Crippen LogP contribution in [0.15, 0.2) is 54.6 Å². The first-order chi connectivity index (χ1) is 13.2. The van der Waals surface area contributed by atoms with Crippen LogP contribution in [-0.2, 0) is 6.42 Å². The third-order valence-electron chi connectivity index (χ3n) is 5.26. The van der Waals surface area contributed by atoms with Gasteiger partial charge in [-0.15, -0.1) is 0 Å². The highest BCUT2D eigenvalue weighted by molar-refractivity contribution is 5.41. The molecule has 1 N–H and O–H groups in total. The summed E-state index contributed by atoms with van der Waals surface area (Å²) in [7, 11) is 0. The van der Waals surface area contributed by atoms with Gasteiger partial charge in [0.15, 0.2) is 0 Å². The first-order valence-electron chi connectivity index (χ1n) is 9.14. The average Bonchev–Trinajstić information content (AvgIpc) is 3.21. The molecule has 140 valence electrons. The number of hydrogen-bond donors (Lipinski definition) is 1. The molecule has 0 amide bonds. The fourth-order valence-electron chi connectivity index (χ4n) is 3.87. The molecule has 0 radical (unpaired) electrons. The molecule has 4 rings (SSSR count). The number of hydrogen-bond acceptors (Lipinski definition) is 5. The van der Waals surface area contributed by atoms with Crippen molar-refractivity contribution in [3.8, 4) is 5.69 Å². The van der Waals surface area contributed by atoms with Crippen LogP contribution in [0.4, 0.5) is 10.3 Å². The molecule has 6 nitrogen and oxygen atoms in total. The molecule has 1 aliphatic heterocycles. The summed E-state index contributed by atoms with van der Waals surface area (Å²) in [5.74, 6) is 0.420. The second-order valence-corrected chi connectivity index (χ2v) is 7.18. The molecule has 0 saturated carbocycles. The van der Waals surface area contributed by atoms with Crippen molar-refractivity contribution < 1.29 is 9.50 Å². The van der Waals surface area contributed by atoms with Crippen LogP contribution in [0.3, 0.4) is 0 Å². The van der Waals surface area contributed by atoms with Gasteiger partial charge in [0.05, 0.1) is 12.3 Å². The number of benzene rings is 2. The average molecular weight is 367 g/mol. The number of para-hydroxylation sites is 1. The minimum Gasteiger partial charge on any atom is -0.396 e.